The van der Waals surface area contributed by atoms with Gasteiger partial charge in [0.2, 0.25) is 0 Å². The van der Waals surface area contributed by atoms with Crippen molar-refractivity contribution in [1.82, 2.24) is 0 Å². The summed E-state index contributed by atoms with van der Waals surface area (Å²) in [4.78, 5) is 14.4. The largest absolute Gasteiger partial charge is 0.512 e. The lowest BCUT2D eigenvalue weighted by Crippen LogP contribution is -2.21. The van der Waals surface area contributed by atoms with Crippen LogP contribution in [0, 0.1) is 19.8 Å². The summed E-state index contributed by atoms with van der Waals surface area (Å²) in [5.74, 6) is 1.59. The van der Waals surface area contributed by atoms with Crippen LogP contribution < -0.4 is 0 Å². The van der Waals surface area contributed by atoms with E-state index in [0.29, 0.717) is 24.2 Å². The van der Waals surface area contributed by atoms with Crippen LogP contribution in [0.2, 0.25) is 0 Å². The van der Waals surface area contributed by atoms with E-state index in [4.69, 9.17) is 0 Å². The fraction of sp³-hybridized carbons (Fsp3) is 0.423. The normalized spacial score (nSPS) is 17.1. The molecule has 0 aromatic heterocycles. The third-order valence-electron chi connectivity index (χ3n) is 5.77. The van der Waals surface area contributed by atoms with E-state index in [9.17, 15) is 9.90 Å². The van der Waals surface area contributed by atoms with Gasteiger partial charge in [0.25, 0.3) is 0 Å². The third kappa shape index (κ3) is 5.14. The standard InChI is InChI=1S/C26H32O2S/c1-5-20-12-18(4)13-21(6-2)25(20)26-23(27)15-19(16-24(26)28)10-11-29-22-9-7-8-17(3)14-22/h7-9,12-14,19,27H,5-6,10-11,15-16H2,1-4H3. The highest BCUT2D eigenvalue weighted by Crippen LogP contribution is 2.38. The van der Waals surface area contributed by atoms with Crippen LogP contribution in [0.1, 0.15) is 60.9 Å². The minimum Gasteiger partial charge on any atom is -0.512 e. The van der Waals surface area contributed by atoms with Gasteiger partial charge in [-0.25, -0.2) is 0 Å². The summed E-state index contributed by atoms with van der Waals surface area (Å²) in [6.45, 7) is 8.44. The van der Waals surface area contributed by atoms with Crippen LogP contribution in [0.5, 0.6) is 0 Å². The maximum atomic E-state index is 13.1. The fourth-order valence-corrected chi connectivity index (χ4v) is 5.46. The van der Waals surface area contributed by atoms with Crippen LogP contribution in [0.4, 0.5) is 0 Å². The molecule has 0 radical (unpaired) electrons. The molecule has 2 aromatic rings. The number of thioether (sulfide) groups is 1. The molecule has 0 aliphatic heterocycles. The molecule has 29 heavy (non-hydrogen) atoms. The molecule has 1 unspecified atom stereocenters. The summed E-state index contributed by atoms with van der Waals surface area (Å²) in [5.41, 5.74) is 6.41. The average molecular weight is 409 g/mol. The van der Waals surface area contributed by atoms with E-state index in [1.165, 1.54) is 27.1 Å². The van der Waals surface area contributed by atoms with Crippen LogP contribution in [-0.4, -0.2) is 16.6 Å². The zero-order chi connectivity index (χ0) is 21.0. The first-order chi connectivity index (χ1) is 13.9. The third-order valence-corrected chi connectivity index (χ3v) is 6.79. The Kier molecular flexibility index (Phi) is 7.23. The Balaban J connectivity index is 1.76. The molecule has 0 saturated carbocycles. The Hall–Kier alpha value is -2.00. The maximum absolute atomic E-state index is 13.1. The quantitative estimate of drug-likeness (QED) is 0.509. The number of aliphatic hydroxyl groups is 1. The van der Waals surface area contributed by atoms with Gasteiger partial charge in [-0.1, -0.05) is 49.2 Å². The number of carbonyl (C=O) groups is 1. The summed E-state index contributed by atoms with van der Waals surface area (Å²) >= 11 is 1.83. The number of hydrogen-bond donors (Lipinski definition) is 1. The monoisotopic (exact) mass is 408 g/mol. The molecule has 0 fully saturated rings. The van der Waals surface area contributed by atoms with Crippen molar-refractivity contribution in [3.63, 3.8) is 0 Å². The van der Waals surface area contributed by atoms with Crippen LogP contribution in [0.15, 0.2) is 47.1 Å². The van der Waals surface area contributed by atoms with E-state index in [-0.39, 0.29) is 11.7 Å². The van der Waals surface area contributed by atoms with Gasteiger partial charge in [0.15, 0.2) is 5.78 Å². The van der Waals surface area contributed by atoms with Crippen molar-refractivity contribution in [3.8, 4) is 0 Å². The Morgan fingerprint density at radius 2 is 1.69 bits per heavy atom. The lowest BCUT2D eigenvalue weighted by molar-refractivity contribution is -0.115. The van der Waals surface area contributed by atoms with E-state index in [2.05, 4.69) is 64.1 Å². The number of carbonyl (C=O) groups excluding carboxylic acids is 1. The van der Waals surface area contributed by atoms with Crippen molar-refractivity contribution in [3.05, 3.63) is 70.0 Å². The second-order valence-corrected chi connectivity index (χ2v) is 9.31. The summed E-state index contributed by atoms with van der Waals surface area (Å²) < 4.78 is 0. The van der Waals surface area contributed by atoms with E-state index < -0.39 is 0 Å². The van der Waals surface area contributed by atoms with Crippen molar-refractivity contribution in [1.29, 1.82) is 0 Å². The van der Waals surface area contributed by atoms with Gasteiger partial charge in [-0.05, 0) is 73.6 Å². The highest BCUT2D eigenvalue weighted by atomic mass is 32.2. The molecule has 1 aliphatic carbocycles. The van der Waals surface area contributed by atoms with Crippen LogP contribution >= 0.6 is 11.8 Å². The molecule has 1 atom stereocenters. The van der Waals surface area contributed by atoms with Crippen molar-refractivity contribution < 1.29 is 9.90 Å². The van der Waals surface area contributed by atoms with Crippen molar-refractivity contribution >= 4 is 23.1 Å². The van der Waals surface area contributed by atoms with Gasteiger partial charge in [0.1, 0.15) is 5.76 Å². The second-order valence-electron chi connectivity index (χ2n) is 8.14. The lowest BCUT2D eigenvalue weighted by Gasteiger charge is -2.26. The first kappa shape index (κ1) is 21.7. The first-order valence-corrected chi connectivity index (χ1v) is 11.7. The predicted molar refractivity (Wildman–Crippen MR) is 124 cm³/mol. The highest BCUT2D eigenvalue weighted by Gasteiger charge is 2.30. The van der Waals surface area contributed by atoms with Gasteiger partial charge in [-0.2, -0.15) is 0 Å². The fourth-order valence-electron chi connectivity index (χ4n) is 4.33. The van der Waals surface area contributed by atoms with Crippen LogP contribution in [-0.2, 0) is 17.6 Å². The Labute approximate surface area is 179 Å². The molecule has 2 nitrogen and oxygen atoms in total. The van der Waals surface area contributed by atoms with E-state index in [1.54, 1.807) is 0 Å². The molecule has 1 aliphatic rings. The number of benzene rings is 2. The molecule has 1 N–H and O–H groups in total. The SMILES string of the molecule is CCc1cc(C)cc(CC)c1C1=C(O)CC(CCSc2cccc(C)c2)CC1=O. The Bertz CT molecular complexity index is 901. The smallest absolute Gasteiger partial charge is 0.167 e. The molecule has 0 heterocycles. The second kappa shape index (κ2) is 9.67. The van der Waals surface area contributed by atoms with Gasteiger partial charge in [0.05, 0.1) is 5.57 Å². The minimum atomic E-state index is 0.104. The number of hydrogen-bond acceptors (Lipinski definition) is 3. The number of rotatable bonds is 7. The Morgan fingerprint density at radius 3 is 2.28 bits per heavy atom. The van der Waals surface area contributed by atoms with E-state index >= 15 is 0 Å². The van der Waals surface area contributed by atoms with Crippen molar-refractivity contribution in [2.45, 2.75) is 64.7 Å². The summed E-state index contributed by atoms with van der Waals surface area (Å²) in [7, 11) is 0. The van der Waals surface area contributed by atoms with Crippen LogP contribution in [0.25, 0.3) is 5.57 Å². The maximum Gasteiger partial charge on any atom is 0.167 e. The topological polar surface area (TPSA) is 37.3 Å². The van der Waals surface area contributed by atoms with Gasteiger partial charge in [-0.15, -0.1) is 11.8 Å². The molecular weight excluding hydrogens is 376 g/mol. The zero-order valence-electron chi connectivity index (χ0n) is 18.0. The summed E-state index contributed by atoms with van der Waals surface area (Å²) in [6.07, 6.45) is 3.82. The molecule has 2 aromatic carbocycles. The molecule has 3 heteroatoms. The zero-order valence-corrected chi connectivity index (χ0v) is 18.9. The van der Waals surface area contributed by atoms with Gasteiger partial charge >= 0.3 is 0 Å². The van der Waals surface area contributed by atoms with E-state index in [1.807, 2.05) is 11.8 Å². The molecule has 154 valence electrons. The number of aliphatic hydroxyl groups excluding tert-OH is 1. The first-order valence-electron chi connectivity index (χ1n) is 10.7. The number of allylic oxidation sites excluding steroid dienone is 2. The van der Waals surface area contributed by atoms with Crippen LogP contribution in [0.3, 0.4) is 0 Å². The molecule has 0 saturated heterocycles. The highest BCUT2D eigenvalue weighted by molar-refractivity contribution is 7.99. The number of ketones is 1. The van der Waals surface area contributed by atoms with Gasteiger partial charge in [0, 0.05) is 17.7 Å². The Morgan fingerprint density at radius 1 is 1.00 bits per heavy atom. The van der Waals surface area contributed by atoms with E-state index in [0.717, 1.165) is 30.6 Å². The van der Waals surface area contributed by atoms with Gasteiger partial charge < -0.3 is 5.11 Å². The van der Waals surface area contributed by atoms with Gasteiger partial charge in [-0.3, -0.25) is 4.79 Å². The molecule has 0 amide bonds. The molecule has 3 rings (SSSR count). The molecule has 0 bridgehead atoms. The summed E-state index contributed by atoms with van der Waals surface area (Å²) in [6, 6.07) is 12.8. The van der Waals surface area contributed by atoms with Crippen molar-refractivity contribution in [2.24, 2.45) is 5.92 Å². The lowest BCUT2D eigenvalue weighted by atomic mass is 9.79. The average Bonchev–Trinajstić information content (AvgIpc) is 2.68. The summed E-state index contributed by atoms with van der Waals surface area (Å²) in [5, 5.41) is 10.9. The minimum absolute atomic E-state index is 0.104. The number of aryl methyl sites for hydroxylation is 4. The van der Waals surface area contributed by atoms with Crippen molar-refractivity contribution in [2.75, 3.05) is 5.75 Å². The number of Topliss-reactive ketones (excluding diaryl/α,β-unsaturated/α-hetero) is 1. The molecule has 0 spiro atoms. The molecular formula is C26H32O2S. The predicted octanol–water partition coefficient (Wildman–Crippen LogP) is 6.86.